The number of carbonyl (C=O) groups is 6. The minimum Gasteiger partial charge on any atom is -0.493 e. The van der Waals surface area contributed by atoms with E-state index in [9.17, 15) is 44.1 Å². The Bertz CT molecular complexity index is 6190. The normalized spacial score (nSPS) is 14.2. The molecule has 3 aliphatic heterocycles. The smallest absolute Gasteiger partial charge is 0.274 e. The summed E-state index contributed by atoms with van der Waals surface area (Å²) in [5.41, 5.74) is 20.8. The number of amides is 6. The second kappa shape index (κ2) is 48.6. The number of benzene rings is 8. The van der Waals surface area contributed by atoms with Gasteiger partial charge in [-0.1, -0.05) is 195 Å². The highest BCUT2D eigenvalue weighted by Crippen LogP contribution is 2.39. The minimum atomic E-state index is -0.378. The summed E-state index contributed by atoms with van der Waals surface area (Å²) in [6.07, 6.45) is 15.1. The number of fused-ring (bicyclic) bond motifs is 3. The number of methoxy groups -OCH3 is 2. The van der Waals surface area contributed by atoms with Crippen molar-refractivity contribution < 1.29 is 58.3 Å². The molecule has 3 aliphatic rings. The zero-order chi connectivity index (χ0) is 98.2. The van der Waals surface area contributed by atoms with Gasteiger partial charge >= 0.3 is 0 Å². The van der Waals surface area contributed by atoms with Crippen LogP contribution in [0.2, 0.25) is 0 Å². The third kappa shape index (κ3) is 23.9. The Morgan fingerprint density at radius 2 is 0.652 bits per heavy atom. The standard InChI is InChI=1S/C38H46N4O5.C38H46N4O3.C37H45N5O4/c1-6-8-18-40(19-9-7-2)38(45)33-20-26(3)42(39-33)34-16-14-28(29-15-17-35(46-4)36(23-29)47-5)22-32(34)37(44)41-24-30-13-11-10-12-27(30)21-31(41)25-43;1-6-8-18-40(19-9-7-2)38(45)35-21-28(5)42(39-35)36-17-16-31(30-15-14-26(3)27(4)20-30)23-34(36)37(44)41-24-32-13-11-10-12-29(32)22-33(41)25-43;1-5-8-18-40(19-9-6-2)37(45)33-20-26(4)42(39-33)34-16-14-28(29-15-17-35(38-23-29)46-7-3)22-32(34)36(44)41-24-30-13-11-10-12-27(30)21-31(41)25-43/h10-17,20,22-23,31,43H,6-9,18-19,21,24-25H2,1-5H3;10-17,20-21,23,33,43H,6-9,18-19,22,24-25H2,1-5H3;10-17,20,22-23,31,43H,5-9,18-19,21,24-25H2,1-4H3/t31-;33-;31-/m000/s1. The van der Waals surface area contributed by atoms with Crippen LogP contribution in [0.5, 0.6) is 17.4 Å². The number of aliphatic hydroxyl groups excluding tert-OH is 3. The van der Waals surface area contributed by atoms with Gasteiger partial charge in [0.1, 0.15) is 0 Å². The zero-order valence-electron chi connectivity index (χ0n) is 82.9. The fourth-order valence-electron chi connectivity index (χ4n) is 18.4. The molecule has 15 rings (SSSR count). The molecule has 7 heterocycles. The van der Waals surface area contributed by atoms with Gasteiger partial charge in [0.05, 0.1) is 92.5 Å². The molecular weight excluding hydrogens is 1730 g/mol. The van der Waals surface area contributed by atoms with Crippen LogP contribution < -0.4 is 14.2 Å². The van der Waals surface area contributed by atoms with Gasteiger partial charge in [0.15, 0.2) is 28.6 Å². The molecule has 726 valence electrons. The lowest BCUT2D eigenvalue weighted by Crippen LogP contribution is -2.46. The summed E-state index contributed by atoms with van der Waals surface area (Å²) in [5, 5.41) is 45.6. The first kappa shape index (κ1) is 102. The minimum absolute atomic E-state index is 0.0774. The number of aryl methyl sites for hydroxylation is 5. The lowest BCUT2D eigenvalue weighted by Gasteiger charge is -2.36. The molecule has 6 amide bonds. The summed E-state index contributed by atoms with van der Waals surface area (Å²) in [5.74, 6) is 0.859. The number of hydrogen-bond acceptors (Lipinski definition) is 16. The highest BCUT2D eigenvalue weighted by Gasteiger charge is 2.37. The fourth-order valence-corrected chi connectivity index (χ4v) is 18.4. The molecule has 12 aromatic rings. The van der Waals surface area contributed by atoms with Crippen molar-refractivity contribution in [2.75, 3.05) is 79.9 Å². The molecule has 25 nitrogen and oxygen atoms in total. The van der Waals surface area contributed by atoms with Crippen LogP contribution in [0.4, 0.5) is 0 Å². The van der Waals surface area contributed by atoms with Crippen molar-refractivity contribution in [3.63, 3.8) is 0 Å². The topological polar surface area (TPSA) is 277 Å². The van der Waals surface area contributed by atoms with Crippen LogP contribution in [-0.4, -0.2) is 213 Å². The van der Waals surface area contributed by atoms with Gasteiger partial charge in [-0.2, -0.15) is 15.3 Å². The lowest BCUT2D eigenvalue weighted by atomic mass is 9.93. The summed E-state index contributed by atoms with van der Waals surface area (Å²) in [6.45, 7) is 30.0. The van der Waals surface area contributed by atoms with Crippen LogP contribution in [0.25, 0.3) is 50.4 Å². The molecule has 8 aromatic carbocycles. The summed E-state index contributed by atoms with van der Waals surface area (Å²) >= 11 is 0. The maximum Gasteiger partial charge on any atom is 0.274 e. The monoisotopic (exact) mass is 1870 g/mol. The van der Waals surface area contributed by atoms with Crippen LogP contribution in [0, 0.1) is 34.6 Å². The van der Waals surface area contributed by atoms with Crippen molar-refractivity contribution in [2.45, 2.75) is 217 Å². The number of aromatic nitrogens is 7. The van der Waals surface area contributed by atoms with Crippen molar-refractivity contribution >= 4 is 35.4 Å². The number of aliphatic hydroxyl groups is 3. The van der Waals surface area contributed by atoms with Crippen molar-refractivity contribution in [1.82, 2.24) is 63.7 Å². The zero-order valence-corrected chi connectivity index (χ0v) is 82.9. The van der Waals surface area contributed by atoms with E-state index >= 15 is 0 Å². The average Bonchev–Trinajstić information content (AvgIpc) is 1.10. The lowest BCUT2D eigenvalue weighted by molar-refractivity contribution is 0.0539. The van der Waals surface area contributed by atoms with E-state index in [0.717, 1.165) is 161 Å². The van der Waals surface area contributed by atoms with Gasteiger partial charge in [0.2, 0.25) is 5.88 Å². The Hall–Kier alpha value is -13.4. The summed E-state index contributed by atoms with van der Waals surface area (Å²) in [7, 11) is 3.18. The SMILES string of the molecule is CCCCN(CCCC)C(=O)c1cc(C)n(-c2ccc(-c3ccc(C)c(C)c3)cc2C(=O)N2Cc3ccccc3C[C@H]2CO)n1.CCCCN(CCCC)C(=O)c1cc(C)n(-c2ccc(-c3ccc(OC)c(OC)c3)cc2C(=O)N2Cc3ccccc3C[C@H]2CO)n1.CCCCN(CCCC)C(=O)c1cc(C)n(-c2ccc(-c3ccc(OCC)nc3)cc2C(=O)N2Cc3ccccc3C[C@H]2CO)n1. The molecule has 0 saturated heterocycles. The maximum atomic E-state index is 14.6. The van der Waals surface area contributed by atoms with E-state index in [0.29, 0.717) is 153 Å². The first-order valence-electron chi connectivity index (χ1n) is 49.3. The van der Waals surface area contributed by atoms with E-state index < -0.39 is 0 Å². The number of ether oxygens (including phenoxy) is 3. The molecular formula is C113H137N13O12. The Morgan fingerprint density at radius 1 is 0.348 bits per heavy atom. The molecule has 4 aromatic heterocycles. The molecule has 25 heteroatoms. The van der Waals surface area contributed by atoms with Gasteiger partial charge in [0, 0.05) is 93.8 Å². The highest BCUT2D eigenvalue weighted by atomic mass is 16.5. The van der Waals surface area contributed by atoms with Gasteiger partial charge < -0.3 is 58.9 Å². The summed E-state index contributed by atoms with van der Waals surface area (Å²) in [6, 6.07) is 61.5. The van der Waals surface area contributed by atoms with E-state index in [1.165, 1.54) is 11.1 Å². The van der Waals surface area contributed by atoms with E-state index in [4.69, 9.17) is 29.5 Å². The third-order valence-corrected chi connectivity index (χ3v) is 26.6. The molecule has 138 heavy (non-hydrogen) atoms. The molecule has 0 radical (unpaired) electrons. The number of rotatable bonds is 37. The number of unbranched alkanes of at least 4 members (excludes halogenated alkanes) is 6. The highest BCUT2D eigenvalue weighted by molar-refractivity contribution is 6.02. The van der Waals surface area contributed by atoms with Crippen LogP contribution in [0.3, 0.4) is 0 Å². The number of carbonyl (C=O) groups excluding carboxylic acids is 6. The number of nitrogens with zero attached hydrogens (tertiary/aromatic N) is 13. The van der Waals surface area contributed by atoms with Crippen molar-refractivity contribution in [2.24, 2.45) is 0 Å². The van der Waals surface area contributed by atoms with Crippen molar-refractivity contribution in [3.8, 4) is 67.8 Å². The van der Waals surface area contributed by atoms with Crippen LogP contribution in [0.1, 0.15) is 250 Å². The Kier molecular flexibility index (Phi) is 35.9. The van der Waals surface area contributed by atoms with E-state index in [1.807, 2.05) is 188 Å². The molecule has 0 unspecified atom stereocenters. The maximum absolute atomic E-state index is 14.6. The quantitative estimate of drug-likeness (QED) is 0.0326. The Morgan fingerprint density at radius 3 is 0.957 bits per heavy atom. The van der Waals surface area contributed by atoms with Crippen LogP contribution in [-0.2, 0) is 38.9 Å². The van der Waals surface area contributed by atoms with Crippen LogP contribution >= 0.6 is 0 Å². The molecule has 0 saturated carbocycles. The molecule has 0 fully saturated rings. The Labute approximate surface area is 813 Å². The molecule has 3 N–H and O–H groups in total. The predicted octanol–water partition coefficient (Wildman–Crippen LogP) is 19.8. The van der Waals surface area contributed by atoms with Gasteiger partial charge in [-0.15, -0.1) is 0 Å². The second-order valence-electron chi connectivity index (χ2n) is 36.4. The predicted molar refractivity (Wildman–Crippen MR) is 543 cm³/mol. The van der Waals surface area contributed by atoms with Gasteiger partial charge in [-0.3, -0.25) is 28.8 Å². The fraction of sp³-hybridized carbons (Fsp3) is 0.398. The Balaban J connectivity index is 0.000000175. The molecule has 0 spiro atoms. The largest absolute Gasteiger partial charge is 0.493 e. The van der Waals surface area contributed by atoms with Crippen LogP contribution in [0.15, 0.2) is 200 Å². The number of hydrogen-bond donors (Lipinski definition) is 3. The summed E-state index contributed by atoms with van der Waals surface area (Å²) < 4.78 is 21.6. The number of pyridine rings is 1. The van der Waals surface area contributed by atoms with Gasteiger partial charge in [-0.05, 0) is 244 Å². The molecule has 0 bridgehead atoms. The first-order valence-corrected chi connectivity index (χ1v) is 49.3. The first-order chi connectivity index (χ1) is 66.9. The van der Waals surface area contributed by atoms with Crippen molar-refractivity contribution in [1.29, 1.82) is 0 Å². The van der Waals surface area contributed by atoms with Gasteiger partial charge in [0.25, 0.3) is 35.4 Å². The molecule has 0 aliphatic carbocycles. The van der Waals surface area contributed by atoms with Crippen molar-refractivity contribution in [3.05, 3.63) is 296 Å². The second-order valence-corrected chi connectivity index (χ2v) is 36.4. The van der Waals surface area contributed by atoms with Gasteiger partial charge in [-0.25, -0.2) is 19.0 Å². The third-order valence-electron chi connectivity index (χ3n) is 26.6. The summed E-state index contributed by atoms with van der Waals surface area (Å²) in [4.78, 5) is 100. The average molecular weight is 1870 g/mol. The van der Waals surface area contributed by atoms with E-state index in [2.05, 4.69) is 96.8 Å². The van der Waals surface area contributed by atoms with E-state index in [1.54, 1.807) is 61.3 Å². The van der Waals surface area contributed by atoms with E-state index in [-0.39, 0.29) is 73.4 Å². The molecule has 3 atom stereocenters.